The molecule has 1 aliphatic carbocycles. The van der Waals surface area contributed by atoms with Gasteiger partial charge in [-0.2, -0.15) is 0 Å². The molecule has 2 aliphatic heterocycles. The Hall–Kier alpha value is -0.0301. The van der Waals surface area contributed by atoms with Crippen molar-refractivity contribution in [2.45, 2.75) is 128 Å². The van der Waals surface area contributed by atoms with Crippen molar-refractivity contribution in [1.29, 1.82) is 0 Å². The maximum atomic E-state index is 6.57. The lowest BCUT2D eigenvalue weighted by atomic mass is 9.35. The minimum Gasteiger partial charge on any atom is -0.403 e. The summed E-state index contributed by atoms with van der Waals surface area (Å²) in [6, 6.07) is 0. The molecule has 0 unspecified atom stereocenters. The number of hydrogen-bond acceptors (Lipinski definition) is 4. The first-order chi connectivity index (χ1) is 11.8. The Morgan fingerprint density at radius 3 is 1.04 bits per heavy atom. The normalized spacial score (nSPS) is 32.3. The highest BCUT2D eigenvalue weighted by Crippen LogP contribution is 2.56. The van der Waals surface area contributed by atoms with Crippen molar-refractivity contribution in [2.75, 3.05) is 0 Å². The molecule has 0 bridgehead atoms. The summed E-state index contributed by atoms with van der Waals surface area (Å²) >= 11 is 0. The molecular weight excluding hydrogens is 326 g/mol. The van der Waals surface area contributed by atoms with Crippen LogP contribution < -0.4 is 0 Å². The summed E-state index contributed by atoms with van der Waals surface area (Å²) in [6.07, 6.45) is 8.26. The monoisotopic (exact) mass is 364 g/mol. The van der Waals surface area contributed by atoms with E-state index in [0.29, 0.717) is 0 Å². The molecule has 0 aromatic carbocycles. The van der Waals surface area contributed by atoms with Crippen LogP contribution in [0, 0.1) is 0 Å². The van der Waals surface area contributed by atoms with Crippen LogP contribution in [-0.4, -0.2) is 36.6 Å². The summed E-state index contributed by atoms with van der Waals surface area (Å²) in [4.78, 5) is 0. The van der Waals surface area contributed by atoms with Crippen molar-refractivity contribution < 1.29 is 18.6 Å². The lowest BCUT2D eigenvalue weighted by Gasteiger charge is -2.38. The molecular formula is C20H38B2O4. The molecule has 26 heavy (non-hydrogen) atoms. The molecule has 0 atom stereocenters. The molecule has 3 fully saturated rings. The maximum absolute atomic E-state index is 6.57. The number of rotatable bonds is 2. The summed E-state index contributed by atoms with van der Waals surface area (Å²) < 4.78 is 26.3. The summed E-state index contributed by atoms with van der Waals surface area (Å²) in [6.45, 7) is 17.1. The molecule has 3 rings (SSSR count). The Morgan fingerprint density at radius 1 is 0.462 bits per heavy atom. The van der Waals surface area contributed by atoms with Crippen molar-refractivity contribution in [3.63, 3.8) is 0 Å². The van der Waals surface area contributed by atoms with Gasteiger partial charge in [0.05, 0.1) is 22.4 Å². The molecule has 0 radical (unpaired) electrons. The minimum atomic E-state index is -0.337. The second kappa shape index (κ2) is 6.50. The molecule has 2 heterocycles. The van der Waals surface area contributed by atoms with E-state index in [4.69, 9.17) is 18.6 Å². The minimum absolute atomic E-state index is 0.253. The van der Waals surface area contributed by atoms with E-state index in [1.54, 1.807) is 0 Å². The van der Waals surface area contributed by atoms with Gasteiger partial charge in [0, 0.05) is 5.21 Å². The second-order valence-corrected chi connectivity index (χ2v) is 10.7. The topological polar surface area (TPSA) is 36.9 Å². The Bertz CT molecular complexity index is 452. The predicted molar refractivity (Wildman–Crippen MR) is 107 cm³/mol. The van der Waals surface area contributed by atoms with Crippen LogP contribution in [0.15, 0.2) is 0 Å². The maximum Gasteiger partial charge on any atom is 0.462 e. The van der Waals surface area contributed by atoms with Crippen molar-refractivity contribution >= 4 is 14.2 Å². The molecule has 0 aromatic heterocycles. The molecule has 0 aromatic rings. The highest BCUT2D eigenvalue weighted by atomic mass is 16.7. The van der Waals surface area contributed by atoms with Crippen LogP contribution in [0.3, 0.4) is 0 Å². The Balaban J connectivity index is 1.96. The zero-order valence-corrected chi connectivity index (χ0v) is 18.2. The van der Waals surface area contributed by atoms with E-state index < -0.39 is 0 Å². The Labute approximate surface area is 161 Å². The lowest BCUT2D eigenvalue weighted by molar-refractivity contribution is 0.00578. The van der Waals surface area contributed by atoms with Crippen molar-refractivity contribution in [3.8, 4) is 0 Å². The van der Waals surface area contributed by atoms with E-state index in [0.717, 1.165) is 12.8 Å². The van der Waals surface area contributed by atoms with Gasteiger partial charge in [-0.3, -0.25) is 0 Å². The third-order valence-electron chi connectivity index (χ3n) is 7.73. The smallest absolute Gasteiger partial charge is 0.403 e. The third kappa shape index (κ3) is 3.29. The van der Waals surface area contributed by atoms with Crippen LogP contribution in [0.2, 0.25) is 5.21 Å². The van der Waals surface area contributed by atoms with E-state index >= 15 is 0 Å². The van der Waals surface area contributed by atoms with Gasteiger partial charge in [-0.15, -0.1) is 0 Å². The van der Waals surface area contributed by atoms with Crippen molar-refractivity contribution in [1.82, 2.24) is 0 Å². The fraction of sp³-hybridized carbons (Fsp3) is 1.00. The van der Waals surface area contributed by atoms with E-state index in [1.165, 1.54) is 32.1 Å². The molecule has 3 aliphatic rings. The van der Waals surface area contributed by atoms with Gasteiger partial charge in [0.15, 0.2) is 0 Å². The first kappa shape index (κ1) is 20.7. The molecule has 0 spiro atoms. The molecule has 0 amide bonds. The van der Waals surface area contributed by atoms with Crippen LogP contribution >= 0.6 is 0 Å². The largest absolute Gasteiger partial charge is 0.462 e. The van der Waals surface area contributed by atoms with Crippen molar-refractivity contribution in [3.05, 3.63) is 0 Å². The van der Waals surface area contributed by atoms with E-state index in [9.17, 15) is 0 Å². The summed E-state index contributed by atoms with van der Waals surface area (Å²) in [5, 5.41) is -0.253. The molecule has 148 valence electrons. The molecule has 1 saturated carbocycles. The van der Waals surface area contributed by atoms with Gasteiger partial charge >= 0.3 is 14.2 Å². The van der Waals surface area contributed by atoms with Gasteiger partial charge < -0.3 is 18.6 Å². The zero-order chi connectivity index (χ0) is 19.4. The van der Waals surface area contributed by atoms with E-state index in [-0.39, 0.29) is 41.9 Å². The van der Waals surface area contributed by atoms with Gasteiger partial charge in [0.25, 0.3) is 0 Å². The standard InChI is InChI=1S/C20H38B2O4/c1-16(2)17(3,4)24-21(23-16)20(14-12-10-9-11-13-15-20)22-25-18(5,6)19(7,8)26-22/h9-15H2,1-8H3. The van der Waals surface area contributed by atoms with Crippen LogP contribution in [0.1, 0.15) is 100 Å². The SMILES string of the molecule is CC1(C)OB(C2(B3OC(C)(C)C(C)(C)O3)CCCCCCC2)OC1(C)C. The fourth-order valence-corrected chi connectivity index (χ4v) is 4.30. The second-order valence-electron chi connectivity index (χ2n) is 10.7. The molecule has 4 nitrogen and oxygen atoms in total. The molecule has 6 heteroatoms. The van der Waals surface area contributed by atoms with Gasteiger partial charge in [-0.05, 0) is 55.4 Å². The van der Waals surface area contributed by atoms with Gasteiger partial charge in [-0.25, -0.2) is 0 Å². The third-order valence-corrected chi connectivity index (χ3v) is 7.73. The lowest BCUT2D eigenvalue weighted by Crippen LogP contribution is -2.49. The van der Waals surface area contributed by atoms with Crippen LogP contribution in [-0.2, 0) is 18.6 Å². The molecule has 2 saturated heterocycles. The zero-order valence-electron chi connectivity index (χ0n) is 18.2. The first-order valence-electron chi connectivity index (χ1n) is 10.5. The highest BCUT2D eigenvalue weighted by Gasteiger charge is 2.68. The summed E-state index contributed by atoms with van der Waals surface area (Å²) in [5.74, 6) is 0. The highest BCUT2D eigenvalue weighted by molar-refractivity contribution is 6.71. The van der Waals surface area contributed by atoms with E-state index in [2.05, 4.69) is 55.4 Å². The quantitative estimate of drug-likeness (QED) is 0.632. The average molecular weight is 364 g/mol. The van der Waals surface area contributed by atoms with Crippen LogP contribution in [0.25, 0.3) is 0 Å². The summed E-state index contributed by atoms with van der Waals surface area (Å²) in [7, 11) is -0.583. The van der Waals surface area contributed by atoms with Gasteiger partial charge in [-0.1, -0.05) is 44.9 Å². The summed E-state index contributed by atoms with van der Waals surface area (Å²) in [5.41, 5.74) is -1.35. The van der Waals surface area contributed by atoms with E-state index in [1.807, 2.05) is 0 Å². The first-order valence-corrected chi connectivity index (χ1v) is 10.5. The fourth-order valence-electron chi connectivity index (χ4n) is 4.30. The van der Waals surface area contributed by atoms with Crippen LogP contribution in [0.4, 0.5) is 0 Å². The van der Waals surface area contributed by atoms with Gasteiger partial charge in [0.2, 0.25) is 0 Å². The Kier molecular flexibility index (Phi) is 5.18. The van der Waals surface area contributed by atoms with Crippen LogP contribution in [0.5, 0.6) is 0 Å². The average Bonchev–Trinajstić information content (AvgIpc) is 2.79. The predicted octanol–water partition coefficient (Wildman–Crippen LogP) is 5.19. The van der Waals surface area contributed by atoms with Crippen molar-refractivity contribution in [2.24, 2.45) is 0 Å². The van der Waals surface area contributed by atoms with Gasteiger partial charge in [0.1, 0.15) is 0 Å². The molecule has 0 N–H and O–H groups in total. The number of hydrogen-bond donors (Lipinski definition) is 0. The Morgan fingerprint density at radius 2 is 0.731 bits per heavy atom.